The van der Waals surface area contributed by atoms with E-state index in [2.05, 4.69) is 0 Å². The molecule has 0 aliphatic carbocycles. The van der Waals surface area contributed by atoms with Crippen LogP contribution in [0.3, 0.4) is 0 Å². The number of aliphatic carboxylic acids is 1. The number of rotatable bonds is 9. The number of hydrogen-bond donors (Lipinski definition) is 2. The molecule has 37 heavy (non-hydrogen) atoms. The third-order valence-corrected chi connectivity index (χ3v) is 4.68. The molecule has 0 aliphatic heterocycles. The molecule has 2 rings (SSSR count). The van der Waals surface area contributed by atoms with Crippen molar-refractivity contribution >= 4 is 11.9 Å². The van der Waals surface area contributed by atoms with Gasteiger partial charge >= 0.3 is 12.1 Å². The number of benzene rings is 2. The van der Waals surface area contributed by atoms with Crippen LogP contribution in [-0.4, -0.2) is 48.3 Å². The van der Waals surface area contributed by atoms with E-state index < -0.39 is 23.8 Å². The highest BCUT2D eigenvalue weighted by atomic mass is 19.4. The highest BCUT2D eigenvalue weighted by Gasteiger charge is 2.38. The molecule has 2 aromatic carbocycles. The van der Waals surface area contributed by atoms with Gasteiger partial charge < -0.3 is 25.2 Å². The van der Waals surface area contributed by atoms with Crippen molar-refractivity contribution in [2.45, 2.75) is 46.5 Å². The van der Waals surface area contributed by atoms with Crippen LogP contribution in [0.4, 0.5) is 22.0 Å². The second kappa shape index (κ2) is 13.8. The summed E-state index contributed by atoms with van der Waals surface area (Å²) in [6, 6.07) is 8.67. The van der Waals surface area contributed by atoms with E-state index >= 15 is 0 Å². The first-order valence-corrected chi connectivity index (χ1v) is 11.1. The fraction of sp³-hybridized carbons (Fsp3) is 0.440. The third-order valence-electron chi connectivity index (χ3n) is 4.68. The van der Waals surface area contributed by atoms with Gasteiger partial charge in [0, 0.05) is 37.7 Å². The Morgan fingerprint density at radius 1 is 1.03 bits per heavy atom. The summed E-state index contributed by atoms with van der Waals surface area (Å²) in [5, 5.41) is 7.12. The molecule has 0 saturated heterocycles. The summed E-state index contributed by atoms with van der Waals surface area (Å²) in [5.41, 5.74) is 6.68. The molecular weight excluding hydrogens is 503 g/mol. The van der Waals surface area contributed by atoms with Crippen LogP contribution >= 0.6 is 0 Å². The molecule has 12 heteroatoms. The van der Waals surface area contributed by atoms with Gasteiger partial charge in [0.15, 0.2) is 11.5 Å². The first-order chi connectivity index (χ1) is 17.1. The monoisotopic (exact) mass is 534 g/mol. The molecule has 0 bridgehead atoms. The van der Waals surface area contributed by atoms with Crippen molar-refractivity contribution in [2.24, 2.45) is 11.1 Å². The number of ether oxygens (including phenoxy) is 2. The van der Waals surface area contributed by atoms with Gasteiger partial charge in [-0.15, -0.1) is 0 Å². The summed E-state index contributed by atoms with van der Waals surface area (Å²) in [7, 11) is 1.51. The Bertz CT molecular complexity index is 1050. The van der Waals surface area contributed by atoms with Crippen LogP contribution in [0.1, 0.15) is 38.3 Å². The Balaban J connectivity index is 0.000000856. The number of carboxylic acid groups (broad SMARTS) is 1. The minimum absolute atomic E-state index is 0.0408. The third kappa shape index (κ3) is 11.5. The smallest absolute Gasteiger partial charge is 0.490 e. The summed E-state index contributed by atoms with van der Waals surface area (Å²) in [6.45, 7) is 7.22. The van der Waals surface area contributed by atoms with Gasteiger partial charge in [0.1, 0.15) is 18.2 Å². The van der Waals surface area contributed by atoms with Crippen LogP contribution < -0.4 is 15.2 Å². The van der Waals surface area contributed by atoms with E-state index in [0.29, 0.717) is 37.6 Å². The molecule has 0 heterocycles. The van der Waals surface area contributed by atoms with E-state index in [4.69, 9.17) is 25.1 Å². The van der Waals surface area contributed by atoms with E-state index in [1.54, 1.807) is 17.0 Å². The van der Waals surface area contributed by atoms with E-state index in [1.165, 1.54) is 19.2 Å². The maximum absolute atomic E-state index is 13.8. The lowest BCUT2D eigenvalue weighted by atomic mass is 9.91. The summed E-state index contributed by atoms with van der Waals surface area (Å²) in [4.78, 5) is 23.3. The molecule has 206 valence electrons. The fourth-order valence-electron chi connectivity index (χ4n) is 2.96. The summed E-state index contributed by atoms with van der Waals surface area (Å²) >= 11 is 0. The van der Waals surface area contributed by atoms with Gasteiger partial charge in [-0.1, -0.05) is 26.8 Å². The predicted octanol–water partition coefficient (Wildman–Crippen LogP) is 4.91. The zero-order valence-corrected chi connectivity index (χ0v) is 21.0. The zero-order chi connectivity index (χ0) is 28.4. The molecule has 0 aromatic heterocycles. The molecule has 1 amide bonds. The number of methoxy groups -OCH3 is 1. The van der Waals surface area contributed by atoms with Gasteiger partial charge in [-0.2, -0.15) is 13.2 Å². The van der Waals surface area contributed by atoms with Crippen molar-refractivity contribution < 1.29 is 46.1 Å². The Morgan fingerprint density at radius 3 is 2.14 bits per heavy atom. The van der Waals surface area contributed by atoms with Crippen molar-refractivity contribution in [3.63, 3.8) is 0 Å². The molecule has 7 nitrogen and oxygen atoms in total. The van der Waals surface area contributed by atoms with Crippen LogP contribution in [0.5, 0.6) is 11.5 Å². The predicted molar refractivity (Wildman–Crippen MR) is 126 cm³/mol. The van der Waals surface area contributed by atoms with E-state index in [0.717, 1.165) is 11.6 Å². The lowest BCUT2D eigenvalue weighted by molar-refractivity contribution is -0.192. The number of halogens is 5. The number of carbonyl (C=O) groups is 2. The molecule has 0 saturated carbocycles. The maximum Gasteiger partial charge on any atom is 0.490 e. The number of hydrogen-bond acceptors (Lipinski definition) is 5. The van der Waals surface area contributed by atoms with Crippen LogP contribution in [0.25, 0.3) is 0 Å². The van der Waals surface area contributed by atoms with Crippen molar-refractivity contribution in [3.8, 4) is 11.5 Å². The van der Waals surface area contributed by atoms with Gasteiger partial charge in [-0.05, 0) is 35.2 Å². The zero-order valence-electron chi connectivity index (χ0n) is 21.0. The van der Waals surface area contributed by atoms with E-state index in [9.17, 15) is 26.7 Å². The minimum Gasteiger partial charge on any atom is -0.493 e. The molecule has 0 spiro atoms. The number of alkyl halides is 3. The second-order valence-corrected chi connectivity index (χ2v) is 9.15. The first-order valence-electron chi connectivity index (χ1n) is 11.1. The van der Waals surface area contributed by atoms with Crippen LogP contribution in [-0.2, 0) is 22.7 Å². The second-order valence-electron chi connectivity index (χ2n) is 9.15. The van der Waals surface area contributed by atoms with Gasteiger partial charge in [0.05, 0.1) is 7.11 Å². The number of carbonyl (C=O) groups excluding carboxylic acids is 1. The number of amides is 1. The Hall–Kier alpha value is -3.41. The minimum atomic E-state index is -5.08. The highest BCUT2D eigenvalue weighted by Crippen LogP contribution is 2.30. The molecule has 3 N–H and O–H groups in total. The molecule has 0 radical (unpaired) electrons. The molecule has 0 unspecified atom stereocenters. The molecule has 0 atom stereocenters. The van der Waals surface area contributed by atoms with Crippen LogP contribution in [0.2, 0.25) is 0 Å². The average molecular weight is 535 g/mol. The Morgan fingerprint density at radius 2 is 1.65 bits per heavy atom. The summed E-state index contributed by atoms with van der Waals surface area (Å²) in [6.07, 6.45) is -4.66. The maximum atomic E-state index is 13.8. The SMILES string of the molecule is COc1cc(CN(CCN)C(=O)CC(C)(C)C)ccc1OCc1ccc(F)cc1F.O=C(O)C(F)(F)F. The number of nitrogens with zero attached hydrogens (tertiary/aromatic N) is 1. The summed E-state index contributed by atoms with van der Waals surface area (Å²) in [5.74, 6) is -3.13. The number of carboxylic acids is 1. The lowest BCUT2D eigenvalue weighted by Crippen LogP contribution is -2.36. The van der Waals surface area contributed by atoms with Crippen molar-refractivity contribution in [3.05, 3.63) is 59.2 Å². The fourth-order valence-corrected chi connectivity index (χ4v) is 2.96. The first kappa shape index (κ1) is 31.6. The van der Waals surface area contributed by atoms with Gasteiger partial charge in [-0.3, -0.25) is 4.79 Å². The molecule has 2 aromatic rings. The summed E-state index contributed by atoms with van der Waals surface area (Å²) < 4.78 is 69.7. The topological polar surface area (TPSA) is 102 Å². The largest absolute Gasteiger partial charge is 0.493 e. The number of nitrogens with two attached hydrogens (primary N) is 1. The average Bonchev–Trinajstić information content (AvgIpc) is 2.77. The van der Waals surface area contributed by atoms with Crippen molar-refractivity contribution in [1.82, 2.24) is 4.90 Å². The highest BCUT2D eigenvalue weighted by molar-refractivity contribution is 5.77. The Kier molecular flexibility index (Phi) is 11.8. The quantitative estimate of drug-likeness (QED) is 0.444. The normalized spacial score (nSPS) is 11.3. The van der Waals surface area contributed by atoms with Crippen molar-refractivity contribution in [1.29, 1.82) is 0 Å². The van der Waals surface area contributed by atoms with Crippen LogP contribution in [0.15, 0.2) is 36.4 Å². The molecular formula is C25H31F5N2O5. The standard InChI is InChI=1S/C23H30F2N2O3.C2HF3O2/c1-23(2,3)13-22(28)27(10-9-26)14-16-5-8-20(21(11-16)29-4)30-15-17-6-7-18(24)12-19(17)25;3-2(4,5)1(6)7/h5-8,11-12H,9-10,13-15,26H2,1-4H3;(H,6,7). The van der Waals surface area contributed by atoms with Gasteiger partial charge in [0.25, 0.3) is 0 Å². The van der Waals surface area contributed by atoms with E-state index in [-0.39, 0.29) is 23.5 Å². The van der Waals surface area contributed by atoms with Gasteiger partial charge in [-0.25, -0.2) is 13.6 Å². The van der Waals surface area contributed by atoms with Gasteiger partial charge in [0.2, 0.25) is 5.91 Å². The van der Waals surface area contributed by atoms with E-state index in [1.807, 2.05) is 26.8 Å². The van der Waals surface area contributed by atoms with Crippen molar-refractivity contribution in [2.75, 3.05) is 20.2 Å². The van der Waals surface area contributed by atoms with Crippen LogP contribution in [0, 0.1) is 17.0 Å². The molecule has 0 aliphatic rings. The lowest BCUT2D eigenvalue weighted by Gasteiger charge is -2.26. The Labute approximate surface area is 212 Å². The molecule has 0 fully saturated rings.